The molecule has 0 atom stereocenters. The lowest BCUT2D eigenvalue weighted by molar-refractivity contribution is -0.967. The fourth-order valence-corrected chi connectivity index (χ4v) is 0.617. The molecule has 0 aliphatic heterocycles. The van der Waals surface area contributed by atoms with Gasteiger partial charge in [-0.2, -0.15) is 16.8 Å². The van der Waals surface area contributed by atoms with Crippen molar-refractivity contribution in [2.45, 2.75) is 0 Å². The highest BCUT2D eigenvalue weighted by molar-refractivity contribution is 7.81. The van der Waals surface area contributed by atoms with E-state index in [0.717, 1.165) is 0 Å². The predicted molar refractivity (Wildman–Crippen MR) is 26.4 cm³/mol. The van der Waals surface area contributed by atoms with E-state index < -0.39 is 25.8 Å². The average Bonchev–Trinajstić information content (AvgIpc) is 1.49. The lowest BCUT2D eigenvalue weighted by Crippen LogP contribution is -2.19. The number of hydrogen-bond acceptors (Lipinski definition) is 8. The fraction of sp³-hybridized carbons (Fsp3) is 0. The molecule has 0 rings (SSSR count). The Balaban J connectivity index is 4.30. The summed E-state index contributed by atoms with van der Waals surface area (Å²) in [6, 6.07) is 0. The van der Waals surface area contributed by atoms with Crippen molar-refractivity contribution in [1.82, 2.24) is 0 Å². The van der Waals surface area contributed by atoms with E-state index >= 15 is 0 Å². The molecule has 12 heteroatoms. The molecule has 0 unspecified atom stereocenters. The van der Waals surface area contributed by atoms with Gasteiger partial charge in [0.05, 0.1) is 5.53 Å². The lowest BCUT2D eigenvalue weighted by Gasteiger charge is -1.96. The molecule has 0 saturated heterocycles. The molecule has 0 spiro atoms. The van der Waals surface area contributed by atoms with Crippen molar-refractivity contribution >= 4 is 20.8 Å². The Labute approximate surface area is 66.6 Å². The lowest BCUT2D eigenvalue weighted by atomic mass is 12.9. The number of nitrogens with zero attached hydrogens (tertiary/aromatic N) is 1. The Hall–Kier alpha value is -0.980. The van der Waals surface area contributed by atoms with Gasteiger partial charge in [-0.15, -0.1) is 0 Å². The number of nitrogens with one attached hydrogen (secondary N) is 1. The monoisotopic (exact) mass is 222 g/mol. The Morgan fingerprint density at radius 1 is 1.25 bits per heavy atom. The van der Waals surface area contributed by atoms with Crippen LogP contribution in [-0.4, -0.2) is 31.0 Å². The van der Waals surface area contributed by atoms with Crippen molar-refractivity contribution < 1.29 is 39.5 Å². The van der Waals surface area contributed by atoms with Crippen LogP contribution in [0, 0.1) is 5.53 Å². The van der Waals surface area contributed by atoms with Crippen molar-refractivity contribution in [3.05, 3.63) is 0 Å². The van der Waals surface area contributed by atoms with Gasteiger partial charge in [0.2, 0.25) is 0 Å². The molecule has 0 bridgehead atoms. The van der Waals surface area contributed by atoms with Crippen LogP contribution in [0.3, 0.4) is 0 Å². The summed E-state index contributed by atoms with van der Waals surface area (Å²) in [6.07, 6.45) is 0. The molecule has 0 aliphatic carbocycles. The zero-order valence-electron chi connectivity index (χ0n) is 5.07. The van der Waals surface area contributed by atoms with Crippen molar-refractivity contribution in [1.29, 1.82) is 5.53 Å². The van der Waals surface area contributed by atoms with Crippen LogP contribution < -0.4 is 0 Å². The highest BCUT2D eigenvalue weighted by atomic mass is 32.3. The minimum atomic E-state index is -5.31. The predicted octanol–water partition coefficient (Wildman–Crippen LogP) is -1.84. The maximum atomic E-state index is 9.72. The molecule has 0 saturated carbocycles. The quantitative estimate of drug-likeness (QED) is 0.243. The number of rotatable bonds is 4. The normalized spacial score (nSPS) is 12.2. The summed E-state index contributed by atoms with van der Waals surface area (Å²) in [5, 5.41) is -1.07. The second-order valence-corrected chi connectivity index (χ2v) is 3.21. The summed E-state index contributed by atoms with van der Waals surface area (Å²) in [5.41, 5.74) is 6.15. The van der Waals surface area contributed by atoms with Gasteiger partial charge >= 0.3 is 25.8 Å². The van der Waals surface area contributed by atoms with Crippen LogP contribution in [0.5, 0.6) is 0 Å². The zero-order valence-corrected chi connectivity index (χ0v) is 6.70. The molecule has 10 nitrogen and oxygen atoms in total. The van der Waals surface area contributed by atoms with E-state index in [9.17, 15) is 21.4 Å². The summed E-state index contributed by atoms with van der Waals surface area (Å²) < 4.78 is 62.1. The van der Waals surface area contributed by atoms with E-state index in [1.165, 1.54) is 0 Å². The maximum absolute atomic E-state index is 9.72. The molecule has 0 aromatic carbocycles. The molecule has 72 valence electrons. The Kier molecular flexibility index (Phi) is 2.92. The van der Waals surface area contributed by atoms with E-state index in [2.05, 4.69) is 8.57 Å². The van der Waals surface area contributed by atoms with Crippen LogP contribution in [-0.2, 0) is 29.4 Å². The second kappa shape index (κ2) is 3.18. The summed E-state index contributed by atoms with van der Waals surface area (Å²) >= 11 is 0. The first-order valence-electron chi connectivity index (χ1n) is 1.94. The average molecular weight is 222 g/mol. The highest BCUT2D eigenvalue weighted by Gasteiger charge is 2.22. The maximum Gasteiger partial charge on any atom is 0.508 e. The van der Waals surface area contributed by atoms with Crippen molar-refractivity contribution in [2.75, 3.05) is 0 Å². The highest BCUT2D eigenvalue weighted by Crippen LogP contribution is 1.92. The first kappa shape index (κ1) is 11.0. The molecule has 0 heterocycles. The molecule has 0 amide bonds. The Morgan fingerprint density at radius 2 is 1.67 bits per heavy atom. The van der Waals surface area contributed by atoms with Gasteiger partial charge in [0.25, 0.3) is 0 Å². The Bertz CT molecular complexity index is 322. The Morgan fingerprint density at radius 3 is 1.92 bits per heavy atom. The van der Waals surface area contributed by atoms with Gasteiger partial charge in [-0.05, 0) is 4.28 Å². The third kappa shape index (κ3) is 7.13. The van der Waals surface area contributed by atoms with Crippen LogP contribution in [0.1, 0.15) is 0 Å². The van der Waals surface area contributed by atoms with E-state index in [-0.39, 0.29) is 0 Å². The summed E-state index contributed by atoms with van der Waals surface area (Å²) in [4.78, 5) is 0. The van der Waals surface area contributed by atoms with Gasteiger partial charge in [-0.1, -0.05) is 4.28 Å². The van der Waals surface area contributed by atoms with Gasteiger partial charge < -0.3 is 4.55 Å². The zero-order chi connectivity index (χ0) is 9.99. The largest absolute Gasteiger partial charge is 0.711 e. The molecule has 0 aliphatic rings. The standard InChI is InChI=1S/H2N2O8S2/c1-2(9-11(3,4)5)10-12(6,7)8/h1H,(H-,3,4,5,6,7,8). The molecular weight excluding hydrogens is 220 g/mol. The van der Waals surface area contributed by atoms with E-state index in [0.29, 0.717) is 0 Å². The SMILES string of the molecule is N=[N+](OS(=O)(=O)[O-])OS(=O)(=O)O. The van der Waals surface area contributed by atoms with Crippen LogP contribution in [0.15, 0.2) is 0 Å². The minimum Gasteiger partial charge on any atom is -0.711 e. The summed E-state index contributed by atoms with van der Waals surface area (Å²) in [5.74, 6) is 0. The third-order valence-electron chi connectivity index (χ3n) is 0.321. The molecular formula is H2N2O8S2. The first-order chi connectivity index (χ1) is 5.10. The third-order valence-corrected chi connectivity index (χ3v) is 0.963. The fourth-order valence-electron chi connectivity index (χ4n) is 0.181. The van der Waals surface area contributed by atoms with E-state index in [4.69, 9.17) is 10.1 Å². The van der Waals surface area contributed by atoms with Crippen molar-refractivity contribution in [3.63, 3.8) is 0 Å². The molecule has 0 fully saturated rings. The molecule has 0 radical (unpaired) electrons. The van der Waals surface area contributed by atoms with Crippen molar-refractivity contribution in [3.8, 4) is 0 Å². The van der Waals surface area contributed by atoms with Gasteiger partial charge in [0, 0.05) is 0 Å². The number of hydrogen-bond donors (Lipinski definition) is 2. The summed E-state index contributed by atoms with van der Waals surface area (Å²) in [6.45, 7) is 0. The first-order valence-corrected chi connectivity index (χ1v) is 4.64. The van der Waals surface area contributed by atoms with Gasteiger partial charge in [0.15, 0.2) is 0 Å². The minimum absolute atomic E-state index is 1.07. The second-order valence-electron chi connectivity index (χ2n) is 1.24. The molecule has 0 aromatic heterocycles. The smallest absolute Gasteiger partial charge is 0.508 e. The van der Waals surface area contributed by atoms with Gasteiger partial charge in [0.1, 0.15) is 0 Å². The topological polar surface area (TPSA) is 157 Å². The van der Waals surface area contributed by atoms with Gasteiger partial charge in [-0.25, -0.2) is 0 Å². The van der Waals surface area contributed by atoms with Gasteiger partial charge in [-0.3, -0.25) is 4.55 Å². The molecule has 0 aromatic rings. The van der Waals surface area contributed by atoms with Crippen LogP contribution >= 0.6 is 0 Å². The van der Waals surface area contributed by atoms with Crippen LogP contribution in [0.4, 0.5) is 0 Å². The van der Waals surface area contributed by atoms with Crippen LogP contribution in [0.2, 0.25) is 0 Å². The van der Waals surface area contributed by atoms with Crippen LogP contribution in [0.25, 0.3) is 0 Å². The van der Waals surface area contributed by atoms with E-state index in [1.54, 1.807) is 0 Å². The summed E-state index contributed by atoms with van der Waals surface area (Å²) in [7, 11) is -10.4. The van der Waals surface area contributed by atoms with E-state index in [1.807, 2.05) is 0 Å². The molecule has 12 heavy (non-hydrogen) atoms. The van der Waals surface area contributed by atoms with Crippen molar-refractivity contribution in [2.24, 2.45) is 0 Å². The molecule has 2 N–H and O–H groups in total.